The SMILES string of the molecule is COC1C(Br)CC1Oc1cc2sc(C)nc2c2sccc12. The third-order valence-corrected chi connectivity index (χ3v) is 6.63. The fourth-order valence-electron chi connectivity index (χ4n) is 2.79. The maximum absolute atomic E-state index is 6.24. The normalized spacial score (nSPS) is 25.4. The summed E-state index contributed by atoms with van der Waals surface area (Å²) in [5.41, 5.74) is 1.10. The Morgan fingerprint density at radius 1 is 1.43 bits per heavy atom. The average Bonchev–Trinajstić information content (AvgIpc) is 3.03. The molecule has 3 unspecified atom stereocenters. The molecule has 1 aromatic carbocycles. The van der Waals surface area contributed by atoms with E-state index < -0.39 is 0 Å². The number of fused-ring (bicyclic) bond motifs is 3. The zero-order chi connectivity index (χ0) is 14.6. The summed E-state index contributed by atoms with van der Waals surface area (Å²) >= 11 is 7.06. The molecule has 3 nitrogen and oxygen atoms in total. The second-order valence-electron chi connectivity index (χ2n) is 5.23. The van der Waals surface area contributed by atoms with E-state index in [0.29, 0.717) is 4.83 Å². The molecule has 0 radical (unpaired) electrons. The number of rotatable bonds is 3. The van der Waals surface area contributed by atoms with Gasteiger partial charge in [0.25, 0.3) is 0 Å². The van der Waals surface area contributed by atoms with E-state index in [0.717, 1.165) is 28.1 Å². The van der Waals surface area contributed by atoms with Gasteiger partial charge in [0.2, 0.25) is 0 Å². The molecule has 2 aromatic heterocycles. The number of aryl methyl sites for hydroxylation is 1. The van der Waals surface area contributed by atoms with E-state index in [-0.39, 0.29) is 12.2 Å². The van der Waals surface area contributed by atoms with Gasteiger partial charge < -0.3 is 9.47 Å². The van der Waals surface area contributed by atoms with Crippen molar-refractivity contribution in [1.29, 1.82) is 0 Å². The van der Waals surface area contributed by atoms with Crippen LogP contribution in [0.4, 0.5) is 0 Å². The molecule has 1 aliphatic rings. The molecule has 2 heterocycles. The highest BCUT2D eigenvalue weighted by Gasteiger charge is 2.42. The van der Waals surface area contributed by atoms with Crippen molar-refractivity contribution in [2.24, 2.45) is 0 Å². The Morgan fingerprint density at radius 2 is 2.29 bits per heavy atom. The largest absolute Gasteiger partial charge is 0.487 e. The molecule has 4 rings (SSSR count). The summed E-state index contributed by atoms with van der Waals surface area (Å²) in [6.07, 6.45) is 1.22. The number of hydrogen-bond donors (Lipinski definition) is 0. The van der Waals surface area contributed by atoms with Gasteiger partial charge in [0.15, 0.2) is 0 Å². The molecule has 3 aromatic rings. The van der Waals surface area contributed by atoms with Crippen LogP contribution in [0.25, 0.3) is 20.3 Å². The van der Waals surface area contributed by atoms with Gasteiger partial charge >= 0.3 is 0 Å². The first-order chi connectivity index (χ1) is 10.2. The first-order valence-corrected chi connectivity index (χ1v) is 9.39. The number of benzene rings is 1. The van der Waals surface area contributed by atoms with Crippen molar-refractivity contribution in [3.8, 4) is 5.75 Å². The molecule has 0 aliphatic heterocycles. The van der Waals surface area contributed by atoms with Crippen LogP contribution < -0.4 is 4.74 Å². The lowest BCUT2D eigenvalue weighted by atomic mass is 9.91. The molecular formula is C15H14BrNO2S2. The van der Waals surface area contributed by atoms with Gasteiger partial charge in [-0.05, 0) is 18.4 Å². The van der Waals surface area contributed by atoms with Gasteiger partial charge in [0.1, 0.15) is 18.0 Å². The van der Waals surface area contributed by atoms with E-state index in [1.807, 2.05) is 6.92 Å². The van der Waals surface area contributed by atoms with Gasteiger partial charge in [-0.1, -0.05) is 15.9 Å². The van der Waals surface area contributed by atoms with E-state index in [4.69, 9.17) is 9.47 Å². The van der Waals surface area contributed by atoms with Crippen LogP contribution in [0.2, 0.25) is 0 Å². The molecule has 1 fully saturated rings. The summed E-state index contributed by atoms with van der Waals surface area (Å²) in [5, 5.41) is 4.36. The predicted molar refractivity (Wildman–Crippen MR) is 92.3 cm³/mol. The smallest absolute Gasteiger partial charge is 0.130 e. The maximum Gasteiger partial charge on any atom is 0.130 e. The number of halogens is 1. The number of alkyl halides is 1. The van der Waals surface area contributed by atoms with E-state index in [1.54, 1.807) is 29.8 Å². The van der Waals surface area contributed by atoms with E-state index in [2.05, 4.69) is 38.4 Å². The molecule has 1 saturated carbocycles. The molecule has 1 aliphatic carbocycles. The van der Waals surface area contributed by atoms with Gasteiger partial charge in [-0.25, -0.2) is 4.98 Å². The fraction of sp³-hybridized carbons (Fsp3) is 0.400. The highest BCUT2D eigenvalue weighted by Crippen LogP contribution is 2.41. The minimum absolute atomic E-state index is 0.119. The number of methoxy groups -OCH3 is 1. The van der Waals surface area contributed by atoms with Crippen LogP contribution in [-0.4, -0.2) is 29.1 Å². The van der Waals surface area contributed by atoms with Crippen LogP contribution in [0.1, 0.15) is 11.4 Å². The first-order valence-electron chi connectivity index (χ1n) is 6.78. The number of nitrogens with zero attached hydrogens (tertiary/aromatic N) is 1. The van der Waals surface area contributed by atoms with Gasteiger partial charge in [-0.15, -0.1) is 22.7 Å². The lowest BCUT2D eigenvalue weighted by Crippen LogP contribution is -2.51. The molecule has 0 bridgehead atoms. The number of aromatic nitrogens is 1. The second-order valence-corrected chi connectivity index (χ2v) is 8.55. The first kappa shape index (κ1) is 13.9. The second kappa shape index (κ2) is 5.19. The minimum atomic E-state index is 0.119. The zero-order valence-corrected chi connectivity index (χ0v) is 14.8. The monoisotopic (exact) mass is 383 g/mol. The highest BCUT2D eigenvalue weighted by molar-refractivity contribution is 9.09. The molecule has 110 valence electrons. The third kappa shape index (κ3) is 2.20. The molecule has 21 heavy (non-hydrogen) atoms. The molecular weight excluding hydrogens is 370 g/mol. The Balaban J connectivity index is 1.78. The van der Waals surface area contributed by atoms with Gasteiger partial charge in [0, 0.05) is 29.8 Å². The van der Waals surface area contributed by atoms with Crippen molar-refractivity contribution in [3.63, 3.8) is 0 Å². The van der Waals surface area contributed by atoms with Crippen molar-refractivity contribution in [2.75, 3.05) is 7.11 Å². The molecule has 0 spiro atoms. The number of ether oxygens (including phenoxy) is 2. The Hall–Kier alpha value is -0.690. The van der Waals surface area contributed by atoms with Crippen molar-refractivity contribution >= 4 is 58.9 Å². The standard InChI is InChI=1S/C15H14BrNO2S2/c1-7-17-13-12(21-7)6-10(8-3-4-20-15(8)13)19-11-5-9(16)14(11)18-2/h3-4,6,9,11,14H,5H2,1-2H3. The molecule has 0 N–H and O–H groups in total. The summed E-state index contributed by atoms with van der Waals surface area (Å²) in [4.78, 5) is 5.04. The summed E-state index contributed by atoms with van der Waals surface area (Å²) in [6.45, 7) is 2.05. The molecule has 0 saturated heterocycles. The summed E-state index contributed by atoms with van der Waals surface area (Å²) in [5.74, 6) is 0.953. The van der Waals surface area contributed by atoms with Crippen LogP contribution in [0.15, 0.2) is 17.5 Å². The van der Waals surface area contributed by atoms with E-state index in [1.165, 1.54) is 9.40 Å². The Bertz CT molecular complexity index is 813. The lowest BCUT2D eigenvalue weighted by molar-refractivity contribution is -0.0538. The summed E-state index contributed by atoms with van der Waals surface area (Å²) in [6, 6.07) is 4.25. The van der Waals surface area contributed by atoms with E-state index in [9.17, 15) is 0 Å². The Morgan fingerprint density at radius 3 is 3.05 bits per heavy atom. The van der Waals surface area contributed by atoms with Crippen molar-refractivity contribution in [1.82, 2.24) is 4.98 Å². The van der Waals surface area contributed by atoms with Crippen LogP contribution >= 0.6 is 38.6 Å². The van der Waals surface area contributed by atoms with Crippen LogP contribution in [0.3, 0.4) is 0 Å². The number of hydrogen-bond acceptors (Lipinski definition) is 5. The third-order valence-electron chi connectivity index (χ3n) is 3.90. The topological polar surface area (TPSA) is 31.4 Å². The van der Waals surface area contributed by atoms with Crippen LogP contribution in [0.5, 0.6) is 5.75 Å². The summed E-state index contributed by atoms with van der Waals surface area (Å²) in [7, 11) is 1.74. The minimum Gasteiger partial charge on any atom is -0.487 e. The Labute approximate surface area is 139 Å². The molecule has 6 heteroatoms. The average molecular weight is 384 g/mol. The highest BCUT2D eigenvalue weighted by atomic mass is 79.9. The Kier molecular flexibility index (Phi) is 3.45. The lowest BCUT2D eigenvalue weighted by Gasteiger charge is -2.40. The van der Waals surface area contributed by atoms with Crippen molar-refractivity contribution < 1.29 is 9.47 Å². The van der Waals surface area contributed by atoms with Crippen molar-refractivity contribution in [3.05, 3.63) is 22.5 Å². The summed E-state index contributed by atoms with van der Waals surface area (Å²) < 4.78 is 14.1. The van der Waals surface area contributed by atoms with Gasteiger partial charge in [0.05, 0.1) is 19.9 Å². The zero-order valence-electron chi connectivity index (χ0n) is 11.6. The quantitative estimate of drug-likeness (QED) is 0.611. The van der Waals surface area contributed by atoms with Crippen LogP contribution in [0, 0.1) is 6.92 Å². The number of thiophene rings is 1. The van der Waals surface area contributed by atoms with Crippen molar-refractivity contribution in [2.45, 2.75) is 30.4 Å². The van der Waals surface area contributed by atoms with E-state index >= 15 is 0 Å². The van der Waals surface area contributed by atoms with Gasteiger partial charge in [-0.3, -0.25) is 0 Å². The fourth-order valence-corrected chi connectivity index (χ4v) is 5.55. The molecule has 0 amide bonds. The number of thiazole rings is 1. The maximum atomic E-state index is 6.24. The van der Waals surface area contributed by atoms with Crippen LogP contribution in [-0.2, 0) is 4.74 Å². The molecule has 3 atom stereocenters. The predicted octanol–water partition coefficient (Wildman–Crippen LogP) is 4.75. The van der Waals surface area contributed by atoms with Gasteiger partial charge in [-0.2, -0.15) is 0 Å².